The highest BCUT2D eigenvalue weighted by Crippen LogP contribution is 2.19. The molecule has 3 heteroatoms. The molecule has 0 N–H and O–H groups in total. The minimum atomic E-state index is -3.34. The van der Waals surface area contributed by atoms with Gasteiger partial charge < -0.3 is 0 Å². The summed E-state index contributed by atoms with van der Waals surface area (Å²) in [6, 6.07) is 16.9. The van der Waals surface area contributed by atoms with Gasteiger partial charge in [-0.3, -0.25) is 0 Å². The van der Waals surface area contributed by atoms with Gasteiger partial charge in [-0.1, -0.05) is 62.4 Å². The predicted molar refractivity (Wildman–Crippen MR) is 88.0 cm³/mol. The van der Waals surface area contributed by atoms with Gasteiger partial charge in [0.15, 0.2) is 0 Å². The Morgan fingerprint density at radius 1 is 0.857 bits per heavy atom. The summed E-state index contributed by atoms with van der Waals surface area (Å²) in [5, 5.41) is 0. The highest BCUT2D eigenvalue weighted by Gasteiger charge is 2.15. The van der Waals surface area contributed by atoms with Crippen molar-refractivity contribution in [1.29, 1.82) is 0 Å². The van der Waals surface area contributed by atoms with Crippen LogP contribution in [-0.2, 0) is 9.84 Å². The van der Waals surface area contributed by atoms with E-state index in [4.69, 9.17) is 0 Å². The predicted octanol–water partition coefficient (Wildman–Crippen LogP) is 4.74. The summed E-state index contributed by atoms with van der Waals surface area (Å²) < 4.78 is 24.1. The van der Waals surface area contributed by atoms with Crippen LogP contribution in [0.15, 0.2) is 82.6 Å². The van der Waals surface area contributed by atoms with Crippen molar-refractivity contribution in [2.24, 2.45) is 5.92 Å². The molecule has 21 heavy (non-hydrogen) atoms. The Balaban J connectivity index is 0.000000315. The summed E-state index contributed by atoms with van der Waals surface area (Å²) in [7, 11) is -3.34. The standard InChI is InChI=1S/C12H10O2S.C6H12/c13-15(14,11-7-3-1-4-8-11)12-9-5-2-6-10-12;1-5(2)6(3)4/h1-10H;6H,1H2,2-4H3. The first-order valence-corrected chi connectivity index (χ1v) is 8.34. The lowest BCUT2D eigenvalue weighted by molar-refractivity contribution is 0.596. The molecule has 0 spiro atoms. The summed E-state index contributed by atoms with van der Waals surface area (Å²) in [4.78, 5) is 0.660. The van der Waals surface area contributed by atoms with Crippen molar-refractivity contribution < 1.29 is 8.42 Å². The van der Waals surface area contributed by atoms with Gasteiger partial charge >= 0.3 is 0 Å². The van der Waals surface area contributed by atoms with Crippen molar-refractivity contribution in [2.45, 2.75) is 30.6 Å². The van der Waals surface area contributed by atoms with E-state index in [1.165, 1.54) is 5.57 Å². The number of benzene rings is 2. The number of hydrogen-bond donors (Lipinski definition) is 0. The zero-order valence-corrected chi connectivity index (χ0v) is 13.6. The monoisotopic (exact) mass is 302 g/mol. The molecule has 0 bridgehead atoms. The van der Waals surface area contributed by atoms with Crippen LogP contribution < -0.4 is 0 Å². The van der Waals surface area contributed by atoms with Crippen LogP contribution in [0, 0.1) is 5.92 Å². The third-order valence-corrected chi connectivity index (χ3v) is 4.88. The van der Waals surface area contributed by atoms with E-state index in [2.05, 4.69) is 20.4 Å². The second-order valence-corrected chi connectivity index (χ2v) is 7.08. The maximum absolute atomic E-state index is 12.0. The summed E-state index contributed by atoms with van der Waals surface area (Å²) in [5.41, 5.74) is 1.26. The van der Waals surface area contributed by atoms with Crippen molar-refractivity contribution in [3.8, 4) is 0 Å². The molecule has 2 aromatic rings. The molecule has 0 aliphatic rings. The average Bonchev–Trinajstić information content (AvgIpc) is 2.49. The van der Waals surface area contributed by atoms with Crippen molar-refractivity contribution >= 4 is 9.84 Å². The average molecular weight is 302 g/mol. The maximum atomic E-state index is 12.0. The molecular formula is C18H22O2S. The molecule has 0 unspecified atom stereocenters. The third kappa shape index (κ3) is 5.20. The smallest absolute Gasteiger partial charge is 0.206 e. The van der Waals surface area contributed by atoms with Gasteiger partial charge in [0.1, 0.15) is 0 Å². The molecule has 0 heterocycles. The van der Waals surface area contributed by atoms with Gasteiger partial charge in [-0.2, -0.15) is 0 Å². The van der Waals surface area contributed by atoms with Gasteiger partial charge in [0.2, 0.25) is 9.84 Å². The fourth-order valence-electron chi connectivity index (χ4n) is 1.34. The van der Waals surface area contributed by atoms with Crippen LogP contribution in [0.2, 0.25) is 0 Å². The zero-order valence-electron chi connectivity index (χ0n) is 12.8. The lowest BCUT2D eigenvalue weighted by Crippen LogP contribution is -2.00. The number of allylic oxidation sites excluding steroid dienone is 1. The van der Waals surface area contributed by atoms with E-state index in [1.54, 1.807) is 60.7 Å². The van der Waals surface area contributed by atoms with Crippen LogP contribution in [0.4, 0.5) is 0 Å². The van der Waals surface area contributed by atoms with Crippen molar-refractivity contribution in [2.75, 3.05) is 0 Å². The molecular weight excluding hydrogens is 280 g/mol. The Hall–Kier alpha value is -1.87. The Morgan fingerprint density at radius 3 is 1.38 bits per heavy atom. The number of hydrogen-bond acceptors (Lipinski definition) is 2. The number of rotatable bonds is 3. The largest absolute Gasteiger partial charge is 0.219 e. The second-order valence-electron chi connectivity index (χ2n) is 5.13. The van der Waals surface area contributed by atoms with Gasteiger partial charge in [-0.25, -0.2) is 8.42 Å². The van der Waals surface area contributed by atoms with Crippen molar-refractivity contribution in [3.05, 3.63) is 72.8 Å². The van der Waals surface area contributed by atoms with Crippen LogP contribution in [-0.4, -0.2) is 8.42 Å². The Labute approximate surface area is 128 Å². The van der Waals surface area contributed by atoms with Gasteiger partial charge in [0, 0.05) is 0 Å². The summed E-state index contributed by atoms with van der Waals surface area (Å²) in [6.07, 6.45) is 0. The van der Waals surface area contributed by atoms with Crippen molar-refractivity contribution in [1.82, 2.24) is 0 Å². The minimum Gasteiger partial charge on any atom is -0.219 e. The second kappa shape index (κ2) is 7.79. The van der Waals surface area contributed by atoms with E-state index in [0.29, 0.717) is 15.7 Å². The van der Waals surface area contributed by atoms with E-state index in [1.807, 2.05) is 6.92 Å². The molecule has 0 saturated carbocycles. The van der Waals surface area contributed by atoms with Crippen LogP contribution in [0.3, 0.4) is 0 Å². The highest BCUT2D eigenvalue weighted by molar-refractivity contribution is 7.91. The molecule has 0 aliphatic heterocycles. The Kier molecular flexibility index (Phi) is 6.38. The molecule has 2 rings (SSSR count). The lowest BCUT2D eigenvalue weighted by Gasteiger charge is -2.03. The van der Waals surface area contributed by atoms with E-state index in [-0.39, 0.29) is 0 Å². The normalized spacial score (nSPS) is 10.7. The van der Waals surface area contributed by atoms with E-state index in [9.17, 15) is 8.42 Å². The van der Waals surface area contributed by atoms with Crippen LogP contribution in [0.1, 0.15) is 20.8 Å². The fourth-order valence-corrected chi connectivity index (χ4v) is 2.64. The summed E-state index contributed by atoms with van der Waals surface area (Å²) in [5.74, 6) is 0.657. The van der Waals surface area contributed by atoms with E-state index < -0.39 is 9.84 Å². The van der Waals surface area contributed by atoms with E-state index in [0.717, 1.165) is 0 Å². The molecule has 0 amide bonds. The van der Waals surface area contributed by atoms with E-state index >= 15 is 0 Å². The first-order chi connectivity index (χ1) is 9.85. The molecule has 0 atom stereocenters. The zero-order chi connectivity index (χ0) is 15.9. The van der Waals surface area contributed by atoms with Gasteiger partial charge in [0.05, 0.1) is 9.79 Å². The molecule has 112 valence electrons. The molecule has 2 aromatic carbocycles. The fraction of sp³-hybridized carbons (Fsp3) is 0.222. The summed E-state index contributed by atoms with van der Waals surface area (Å²) in [6.45, 7) is 10.1. The molecule has 2 nitrogen and oxygen atoms in total. The molecule has 0 fully saturated rings. The minimum absolute atomic E-state index is 0.330. The van der Waals surface area contributed by atoms with Crippen molar-refractivity contribution in [3.63, 3.8) is 0 Å². The maximum Gasteiger partial charge on any atom is 0.206 e. The summed E-state index contributed by atoms with van der Waals surface area (Å²) >= 11 is 0. The topological polar surface area (TPSA) is 34.1 Å². The molecule has 0 radical (unpaired) electrons. The number of sulfone groups is 1. The van der Waals surface area contributed by atoms with Crippen LogP contribution in [0.25, 0.3) is 0 Å². The van der Waals surface area contributed by atoms with Gasteiger partial charge in [0.25, 0.3) is 0 Å². The quantitative estimate of drug-likeness (QED) is 0.768. The molecule has 0 saturated heterocycles. The Morgan fingerprint density at radius 2 is 1.14 bits per heavy atom. The first kappa shape index (κ1) is 17.2. The van der Waals surface area contributed by atoms with Gasteiger partial charge in [-0.15, -0.1) is 0 Å². The van der Waals surface area contributed by atoms with Crippen LogP contribution >= 0.6 is 0 Å². The Bertz CT molecular complexity index is 611. The molecule has 0 aromatic heterocycles. The van der Waals surface area contributed by atoms with Gasteiger partial charge in [-0.05, 0) is 37.1 Å². The SMILES string of the molecule is C=C(C)C(C)C.O=S(=O)(c1ccccc1)c1ccccc1. The van der Waals surface area contributed by atoms with Crippen LogP contribution in [0.5, 0.6) is 0 Å². The third-order valence-electron chi connectivity index (χ3n) is 3.09. The first-order valence-electron chi connectivity index (χ1n) is 6.86. The lowest BCUT2D eigenvalue weighted by atomic mass is 10.1. The highest BCUT2D eigenvalue weighted by atomic mass is 32.2. The molecule has 0 aliphatic carbocycles.